The molecule has 1 rings (SSSR count). The normalized spacial score (nSPS) is 12.3. The van der Waals surface area contributed by atoms with E-state index < -0.39 is 30.1 Å². The van der Waals surface area contributed by atoms with Crippen molar-refractivity contribution in [1.82, 2.24) is 5.32 Å². The molecule has 0 spiro atoms. The smallest absolute Gasteiger partial charge is 0.406 e. The lowest BCUT2D eigenvalue weighted by Crippen LogP contribution is -2.46. The topological polar surface area (TPSA) is 93.5 Å². The number of hydrogen-bond donors (Lipinski definition) is 3. The number of carbonyl (C=O) groups excluding carboxylic acids is 2. The first-order valence-electron chi connectivity index (χ1n) is 6.43. The number of urea groups is 1. The molecule has 0 aliphatic heterocycles. The standard InChI is InChI=1S/C13H16F3N3O3S/c1-23-7-6-10(19-12(17)21)11(20)18-8-2-4-9(5-3-8)22-13(14,15)16/h2-5,10H,6-7H2,1H3,(H,18,20)(H3,17,19,21)/t10-/m0/s1. The fraction of sp³-hybridized carbons (Fsp3) is 0.385. The van der Waals surface area contributed by atoms with Crippen LogP contribution in [-0.4, -0.2) is 36.4 Å². The summed E-state index contributed by atoms with van der Waals surface area (Å²) in [6, 6.07) is 3.00. The minimum Gasteiger partial charge on any atom is -0.406 e. The van der Waals surface area contributed by atoms with Crippen LogP contribution < -0.4 is 21.1 Å². The Hall–Kier alpha value is -2.10. The van der Waals surface area contributed by atoms with E-state index in [0.717, 1.165) is 12.1 Å². The van der Waals surface area contributed by atoms with Gasteiger partial charge in [-0.15, -0.1) is 13.2 Å². The maximum atomic E-state index is 12.1. The molecule has 6 nitrogen and oxygen atoms in total. The van der Waals surface area contributed by atoms with Crippen LogP contribution in [0.2, 0.25) is 0 Å². The highest BCUT2D eigenvalue weighted by Crippen LogP contribution is 2.24. The molecule has 0 aliphatic carbocycles. The molecule has 0 saturated heterocycles. The predicted molar refractivity (Wildman–Crippen MR) is 81.3 cm³/mol. The largest absolute Gasteiger partial charge is 0.573 e. The van der Waals surface area contributed by atoms with Crippen molar-refractivity contribution in [2.24, 2.45) is 5.73 Å². The zero-order chi connectivity index (χ0) is 17.5. The Labute approximate surface area is 134 Å². The lowest BCUT2D eigenvalue weighted by atomic mass is 10.2. The number of halogens is 3. The zero-order valence-corrected chi connectivity index (χ0v) is 13.0. The summed E-state index contributed by atoms with van der Waals surface area (Å²) in [7, 11) is 0. The molecule has 1 atom stereocenters. The van der Waals surface area contributed by atoms with Crippen LogP contribution in [0, 0.1) is 0 Å². The first-order chi connectivity index (χ1) is 10.7. The monoisotopic (exact) mass is 351 g/mol. The van der Waals surface area contributed by atoms with Gasteiger partial charge in [0.1, 0.15) is 11.8 Å². The van der Waals surface area contributed by atoms with Crippen molar-refractivity contribution >= 4 is 29.4 Å². The van der Waals surface area contributed by atoms with Gasteiger partial charge >= 0.3 is 12.4 Å². The highest BCUT2D eigenvalue weighted by molar-refractivity contribution is 7.98. The molecule has 4 N–H and O–H groups in total. The van der Waals surface area contributed by atoms with Crippen LogP contribution in [-0.2, 0) is 4.79 Å². The first-order valence-corrected chi connectivity index (χ1v) is 7.82. The molecule has 0 heterocycles. The Kier molecular flexibility index (Phi) is 7.01. The second-order valence-electron chi connectivity index (χ2n) is 4.40. The predicted octanol–water partition coefficient (Wildman–Crippen LogP) is 2.31. The maximum absolute atomic E-state index is 12.1. The lowest BCUT2D eigenvalue weighted by Gasteiger charge is -2.17. The Morgan fingerprint density at radius 2 is 1.91 bits per heavy atom. The number of rotatable bonds is 7. The van der Waals surface area contributed by atoms with Gasteiger partial charge in [0.25, 0.3) is 0 Å². The molecule has 23 heavy (non-hydrogen) atoms. The molecule has 0 saturated carbocycles. The van der Waals surface area contributed by atoms with Gasteiger partial charge in [0.05, 0.1) is 0 Å². The van der Waals surface area contributed by atoms with Crippen LogP contribution in [0.25, 0.3) is 0 Å². The third-order valence-electron chi connectivity index (χ3n) is 2.60. The van der Waals surface area contributed by atoms with E-state index in [0.29, 0.717) is 12.2 Å². The van der Waals surface area contributed by atoms with Crippen LogP contribution >= 0.6 is 11.8 Å². The fourth-order valence-electron chi connectivity index (χ4n) is 1.65. The number of anilines is 1. The van der Waals surface area contributed by atoms with E-state index in [1.807, 2.05) is 6.26 Å². The second kappa shape index (κ2) is 8.51. The number of benzene rings is 1. The van der Waals surface area contributed by atoms with Gasteiger partial charge in [0.2, 0.25) is 5.91 Å². The lowest BCUT2D eigenvalue weighted by molar-refractivity contribution is -0.274. The van der Waals surface area contributed by atoms with Crippen LogP contribution in [0.3, 0.4) is 0 Å². The third kappa shape index (κ3) is 7.63. The van der Waals surface area contributed by atoms with Crippen LogP contribution in [0.15, 0.2) is 24.3 Å². The van der Waals surface area contributed by atoms with E-state index in [2.05, 4.69) is 15.4 Å². The molecule has 0 fully saturated rings. The van der Waals surface area contributed by atoms with Crippen molar-refractivity contribution < 1.29 is 27.5 Å². The average molecular weight is 351 g/mol. The fourth-order valence-corrected chi connectivity index (χ4v) is 2.12. The van der Waals surface area contributed by atoms with E-state index >= 15 is 0 Å². The summed E-state index contributed by atoms with van der Waals surface area (Å²) >= 11 is 1.49. The molecule has 0 aliphatic rings. The molecule has 128 valence electrons. The van der Waals surface area contributed by atoms with E-state index in [4.69, 9.17) is 5.73 Å². The van der Waals surface area contributed by atoms with Gasteiger partial charge in [-0.3, -0.25) is 4.79 Å². The Balaban J connectivity index is 2.68. The van der Waals surface area contributed by atoms with E-state index in [9.17, 15) is 22.8 Å². The summed E-state index contributed by atoms with van der Waals surface area (Å²) in [5.74, 6) is -0.288. The summed E-state index contributed by atoms with van der Waals surface area (Å²) in [6.07, 6.45) is -2.57. The van der Waals surface area contributed by atoms with Crippen LogP contribution in [0.4, 0.5) is 23.7 Å². The Morgan fingerprint density at radius 3 is 2.39 bits per heavy atom. The SMILES string of the molecule is CSCC[C@H](NC(N)=O)C(=O)Nc1ccc(OC(F)(F)F)cc1. The minimum absolute atomic E-state index is 0.268. The quantitative estimate of drug-likeness (QED) is 0.703. The van der Waals surface area contributed by atoms with Crippen LogP contribution in [0.1, 0.15) is 6.42 Å². The molecular formula is C13H16F3N3O3S. The highest BCUT2D eigenvalue weighted by Gasteiger charge is 2.31. The minimum atomic E-state index is -4.78. The molecule has 0 radical (unpaired) electrons. The van der Waals surface area contributed by atoms with Crippen molar-refractivity contribution in [2.75, 3.05) is 17.3 Å². The first kappa shape index (κ1) is 18.9. The number of amides is 3. The van der Waals surface area contributed by atoms with Crippen molar-refractivity contribution in [2.45, 2.75) is 18.8 Å². The number of carbonyl (C=O) groups is 2. The van der Waals surface area contributed by atoms with Crippen molar-refractivity contribution in [3.05, 3.63) is 24.3 Å². The van der Waals surface area contributed by atoms with Gasteiger partial charge in [0.15, 0.2) is 0 Å². The molecule has 0 bridgehead atoms. The Bertz CT molecular complexity index is 538. The van der Waals surface area contributed by atoms with Gasteiger partial charge in [-0.1, -0.05) is 0 Å². The number of ether oxygens (including phenoxy) is 1. The van der Waals surface area contributed by atoms with Gasteiger partial charge in [-0.2, -0.15) is 11.8 Å². The zero-order valence-electron chi connectivity index (χ0n) is 12.1. The van der Waals surface area contributed by atoms with E-state index in [-0.39, 0.29) is 5.69 Å². The van der Waals surface area contributed by atoms with Crippen LogP contribution in [0.5, 0.6) is 5.75 Å². The molecule has 1 aromatic carbocycles. The van der Waals surface area contributed by atoms with Gasteiger partial charge in [-0.05, 0) is 42.7 Å². The maximum Gasteiger partial charge on any atom is 0.573 e. The summed E-state index contributed by atoms with van der Waals surface area (Å²) in [6.45, 7) is 0. The molecule has 10 heteroatoms. The second-order valence-corrected chi connectivity index (χ2v) is 5.39. The van der Waals surface area contributed by atoms with E-state index in [1.165, 1.54) is 23.9 Å². The van der Waals surface area contributed by atoms with Gasteiger partial charge in [-0.25, -0.2) is 4.79 Å². The van der Waals surface area contributed by atoms with Crippen molar-refractivity contribution in [1.29, 1.82) is 0 Å². The summed E-state index contributed by atoms with van der Waals surface area (Å²) in [5, 5.41) is 4.81. The number of thioether (sulfide) groups is 1. The highest BCUT2D eigenvalue weighted by atomic mass is 32.2. The van der Waals surface area contributed by atoms with Crippen molar-refractivity contribution in [3.8, 4) is 5.75 Å². The Morgan fingerprint density at radius 1 is 1.30 bits per heavy atom. The molecule has 0 unspecified atom stereocenters. The third-order valence-corrected chi connectivity index (χ3v) is 3.24. The number of nitrogens with two attached hydrogens (primary N) is 1. The van der Waals surface area contributed by atoms with E-state index in [1.54, 1.807) is 0 Å². The molecule has 0 aromatic heterocycles. The summed E-state index contributed by atoms with van der Waals surface area (Å²) < 4.78 is 39.9. The summed E-state index contributed by atoms with van der Waals surface area (Å²) in [5.41, 5.74) is 5.28. The van der Waals surface area contributed by atoms with Gasteiger partial charge in [0, 0.05) is 5.69 Å². The number of nitrogens with one attached hydrogen (secondary N) is 2. The number of hydrogen-bond acceptors (Lipinski definition) is 4. The molecular weight excluding hydrogens is 335 g/mol. The summed E-state index contributed by atoms with van der Waals surface area (Å²) in [4.78, 5) is 23.0. The molecule has 1 aromatic rings. The average Bonchev–Trinajstić information content (AvgIpc) is 2.43. The molecule has 3 amide bonds. The number of alkyl halides is 3. The number of primary amides is 1. The van der Waals surface area contributed by atoms with Gasteiger partial charge < -0.3 is 21.1 Å². The van der Waals surface area contributed by atoms with Crippen molar-refractivity contribution in [3.63, 3.8) is 0 Å².